The van der Waals surface area contributed by atoms with Crippen LogP contribution in [0.3, 0.4) is 0 Å². The van der Waals surface area contributed by atoms with Crippen LogP contribution >= 0.6 is 0 Å². The van der Waals surface area contributed by atoms with E-state index >= 15 is 0 Å². The molecule has 0 saturated heterocycles. The van der Waals surface area contributed by atoms with Crippen LogP contribution in [0.15, 0.2) is 24.3 Å². The van der Waals surface area contributed by atoms with E-state index in [4.69, 9.17) is 10.5 Å². The van der Waals surface area contributed by atoms with Gasteiger partial charge in [-0.1, -0.05) is 31.9 Å². The fourth-order valence-corrected chi connectivity index (χ4v) is 2.29. The Balaban J connectivity index is 2.62. The van der Waals surface area contributed by atoms with E-state index < -0.39 is 0 Å². The Bertz CT molecular complexity index is 337. The van der Waals surface area contributed by atoms with Crippen LogP contribution in [0.4, 0.5) is 0 Å². The van der Waals surface area contributed by atoms with Crippen LogP contribution in [0.2, 0.25) is 0 Å². The van der Waals surface area contributed by atoms with Crippen LogP contribution in [0.5, 0.6) is 5.75 Å². The molecule has 0 aliphatic carbocycles. The van der Waals surface area contributed by atoms with Crippen molar-refractivity contribution < 1.29 is 4.74 Å². The summed E-state index contributed by atoms with van der Waals surface area (Å²) in [4.78, 5) is 2.35. The molecule has 1 rings (SSSR count). The zero-order valence-electron chi connectivity index (χ0n) is 12.6. The molecule has 1 unspecified atom stereocenters. The van der Waals surface area contributed by atoms with Gasteiger partial charge in [-0.3, -0.25) is 4.90 Å². The summed E-state index contributed by atoms with van der Waals surface area (Å²) >= 11 is 0. The molecule has 0 radical (unpaired) electrons. The third kappa shape index (κ3) is 5.21. The van der Waals surface area contributed by atoms with Gasteiger partial charge < -0.3 is 10.5 Å². The van der Waals surface area contributed by atoms with Crippen molar-refractivity contribution in [2.24, 2.45) is 5.73 Å². The van der Waals surface area contributed by atoms with Crippen molar-refractivity contribution >= 4 is 0 Å². The molecule has 0 aliphatic heterocycles. The molecule has 0 fully saturated rings. The van der Waals surface area contributed by atoms with Crippen molar-refractivity contribution in [1.82, 2.24) is 4.90 Å². The highest BCUT2D eigenvalue weighted by molar-refractivity contribution is 5.29. The van der Waals surface area contributed by atoms with E-state index in [2.05, 4.69) is 31.0 Å². The van der Waals surface area contributed by atoms with Gasteiger partial charge in [0.2, 0.25) is 0 Å². The summed E-state index contributed by atoms with van der Waals surface area (Å²) in [5, 5.41) is 0. The number of hydrogen-bond donors (Lipinski definition) is 1. The molecule has 0 aliphatic rings. The highest BCUT2D eigenvalue weighted by Crippen LogP contribution is 2.21. The number of hydrogen-bond acceptors (Lipinski definition) is 3. The van der Waals surface area contributed by atoms with E-state index in [1.165, 1.54) is 24.8 Å². The molecule has 2 N–H and O–H groups in total. The van der Waals surface area contributed by atoms with Crippen molar-refractivity contribution in [2.45, 2.75) is 39.2 Å². The molecule has 3 nitrogen and oxygen atoms in total. The molecular weight excluding hydrogens is 236 g/mol. The summed E-state index contributed by atoms with van der Waals surface area (Å²) in [6.07, 6.45) is 3.77. The van der Waals surface area contributed by atoms with Crippen LogP contribution < -0.4 is 10.5 Å². The second kappa shape index (κ2) is 8.94. The topological polar surface area (TPSA) is 38.5 Å². The Morgan fingerprint density at radius 1 is 1.16 bits per heavy atom. The molecule has 0 saturated carbocycles. The fourth-order valence-electron chi connectivity index (χ4n) is 2.29. The van der Waals surface area contributed by atoms with Gasteiger partial charge in [0.25, 0.3) is 0 Å². The first-order valence-electron chi connectivity index (χ1n) is 7.36. The van der Waals surface area contributed by atoms with Gasteiger partial charge in [0.1, 0.15) is 5.75 Å². The quantitative estimate of drug-likeness (QED) is 0.696. The van der Waals surface area contributed by atoms with E-state index in [0.29, 0.717) is 19.2 Å². The molecule has 0 aromatic heterocycles. The van der Waals surface area contributed by atoms with Crippen molar-refractivity contribution in [2.75, 3.05) is 26.7 Å². The van der Waals surface area contributed by atoms with E-state index in [9.17, 15) is 0 Å². The lowest BCUT2D eigenvalue weighted by Crippen LogP contribution is -2.31. The molecule has 19 heavy (non-hydrogen) atoms. The minimum absolute atomic E-state index is 0.299. The molecule has 1 aromatic rings. The maximum Gasteiger partial charge on any atom is 0.119 e. The number of benzene rings is 1. The molecular formula is C16H28N2O. The third-order valence-electron chi connectivity index (χ3n) is 3.45. The number of nitrogens with two attached hydrogens (primary N) is 1. The molecule has 0 amide bonds. The average molecular weight is 264 g/mol. The Hall–Kier alpha value is -1.06. The number of likely N-dealkylation sites (N-methyl/N-ethyl adjacent to an activating group) is 1. The number of ether oxygens (including phenoxy) is 1. The standard InChI is InChI=1S/C16H28N2O/c1-4-6-7-12-18(3)16(13-17)14-8-10-15(11-9-14)19-5-2/h8-11,16H,4-7,12-13,17H2,1-3H3. The van der Waals surface area contributed by atoms with Gasteiger partial charge in [0.05, 0.1) is 6.61 Å². The lowest BCUT2D eigenvalue weighted by molar-refractivity contribution is 0.245. The average Bonchev–Trinajstić information content (AvgIpc) is 2.42. The largest absolute Gasteiger partial charge is 0.494 e. The van der Waals surface area contributed by atoms with Crippen LogP contribution in [0, 0.1) is 0 Å². The van der Waals surface area contributed by atoms with Gasteiger partial charge in [-0.25, -0.2) is 0 Å². The molecule has 1 atom stereocenters. The zero-order valence-corrected chi connectivity index (χ0v) is 12.6. The summed E-state index contributed by atoms with van der Waals surface area (Å²) in [6.45, 7) is 6.68. The van der Waals surface area contributed by atoms with Gasteiger partial charge in [-0.2, -0.15) is 0 Å². The molecule has 1 aromatic carbocycles. The van der Waals surface area contributed by atoms with Gasteiger partial charge in [0.15, 0.2) is 0 Å². The second-order valence-corrected chi connectivity index (χ2v) is 4.94. The first-order chi connectivity index (χ1) is 9.22. The van der Waals surface area contributed by atoms with E-state index in [-0.39, 0.29) is 0 Å². The summed E-state index contributed by atoms with van der Waals surface area (Å²) in [6, 6.07) is 8.60. The predicted octanol–water partition coefficient (Wildman–Crippen LogP) is 3.21. The van der Waals surface area contributed by atoms with E-state index in [0.717, 1.165) is 12.3 Å². The Morgan fingerprint density at radius 3 is 2.37 bits per heavy atom. The zero-order chi connectivity index (χ0) is 14.1. The van der Waals surface area contributed by atoms with Crippen LogP contribution in [0.25, 0.3) is 0 Å². The van der Waals surface area contributed by atoms with Crippen LogP contribution in [-0.2, 0) is 0 Å². The molecule has 108 valence electrons. The Labute approximate surface area is 117 Å². The summed E-state index contributed by atoms with van der Waals surface area (Å²) in [5.41, 5.74) is 7.20. The van der Waals surface area contributed by atoms with Crippen molar-refractivity contribution in [1.29, 1.82) is 0 Å². The molecule has 3 heteroatoms. The SMILES string of the molecule is CCCCCN(C)C(CN)c1ccc(OCC)cc1. The number of rotatable bonds is 9. The Kier molecular flexibility index (Phi) is 7.53. The monoisotopic (exact) mass is 264 g/mol. The minimum atomic E-state index is 0.299. The normalized spacial score (nSPS) is 12.7. The third-order valence-corrected chi connectivity index (χ3v) is 3.45. The fraction of sp³-hybridized carbons (Fsp3) is 0.625. The van der Waals surface area contributed by atoms with Gasteiger partial charge in [0, 0.05) is 12.6 Å². The number of nitrogens with zero attached hydrogens (tertiary/aromatic N) is 1. The van der Waals surface area contributed by atoms with Gasteiger partial charge >= 0.3 is 0 Å². The summed E-state index contributed by atoms with van der Waals surface area (Å²) in [5.74, 6) is 0.927. The molecule has 0 bridgehead atoms. The summed E-state index contributed by atoms with van der Waals surface area (Å²) < 4.78 is 5.47. The van der Waals surface area contributed by atoms with E-state index in [1.807, 2.05) is 19.1 Å². The Morgan fingerprint density at radius 2 is 1.84 bits per heavy atom. The van der Waals surface area contributed by atoms with Crippen LogP contribution in [-0.4, -0.2) is 31.6 Å². The maximum atomic E-state index is 5.93. The lowest BCUT2D eigenvalue weighted by Gasteiger charge is -2.27. The smallest absolute Gasteiger partial charge is 0.119 e. The predicted molar refractivity (Wildman–Crippen MR) is 81.6 cm³/mol. The number of unbranched alkanes of at least 4 members (excludes halogenated alkanes) is 2. The minimum Gasteiger partial charge on any atom is -0.494 e. The van der Waals surface area contributed by atoms with Gasteiger partial charge in [-0.05, 0) is 44.6 Å². The molecule has 0 spiro atoms. The first kappa shape index (κ1) is 16.0. The van der Waals surface area contributed by atoms with Crippen molar-refractivity contribution in [3.8, 4) is 5.75 Å². The van der Waals surface area contributed by atoms with Crippen molar-refractivity contribution in [3.05, 3.63) is 29.8 Å². The highest BCUT2D eigenvalue weighted by Gasteiger charge is 2.14. The van der Waals surface area contributed by atoms with Gasteiger partial charge in [-0.15, -0.1) is 0 Å². The van der Waals surface area contributed by atoms with Crippen LogP contribution in [0.1, 0.15) is 44.7 Å². The lowest BCUT2D eigenvalue weighted by atomic mass is 10.1. The van der Waals surface area contributed by atoms with Crippen molar-refractivity contribution in [3.63, 3.8) is 0 Å². The van der Waals surface area contributed by atoms with E-state index in [1.54, 1.807) is 0 Å². The maximum absolute atomic E-state index is 5.93. The highest BCUT2D eigenvalue weighted by atomic mass is 16.5. The second-order valence-electron chi connectivity index (χ2n) is 4.94. The first-order valence-corrected chi connectivity index (χ1v) is 7.36. The molecule has 0 heterocycles. The summed E-state index contributed by atoms with van der Waals surface area (Å²) in [7, 11) is 2.16.